The van der Waals surface area contributed by atoms with E-state index in [0.717, 1.165) is 17.5 Å². The molecule has 2 nitrogen and oxygen atoms in total. The molecule has 2 rings (SSSR count). The number of aryl methyl sites for hydroxylation is 1. The van der Waals surface area contributed by atoms with Crippen LogP contribution in [0.15, 0.2) is 18.3 Å². The summed E-state index contributed by atoms with van der Waals surface area (Å²) in [6.07, 6.45) is 4.36. The van der Waals surface area contributed by atoms with Crippen LogP contribution in [-0.4, -0.2) is 9.97 Å². The first-order valence-corrected chi connectivity index (χ1v) is 5.69. The van der Waals surface area contributed by atoms with Crippen molar-refractivity contribution in [2.24, 2.45) is 0 Å². The Balaban J connectivity index is 2.51. The standard InChI is InChI=1S/C13H18N2/c1-4-5-10-8-14-12-7-6-11(9(2)3)15-13(10)12/h6-9,14H,4-5H2,1-3H3. The number of aromatic amines is 1. The predicted octanol–water partition coefficient (Wildman–Crippen LogP) is 3.64. The molecule has 0 aromatic carbocycles. The lowest BCUT2D eigenvalue weighted by atomic mass is 10.1. The third-order valence-corrected chi connectivity index (χ3v) is 2.73. The number of aromatic nitrogens is 2. The van der Waals surface area contributed by atoms with E-state index in [2.05, 4.69) is 44.1 Å². The van der Waals surface area contributed by atoms with Gasteiger partial charge in [0.1, 0.15) is 0 Å². The van der Waals surface area contributed by atoms with E-state index >= 15 is 0 Å². The van der Waals surface area contributed by atoms with E-state index in [1.54, 1.807) is 0 Å². The van der Waals surface area contributed by atoms with E-state index in [1.165, 1.54) is 17.7 Å². The van der Waals surface area contributed by atoms with Crippen LogP contribution in [-0.2, 0) is 6.42 Å². The molecule has 1 N–H and O–H groups in total. The minimum absolute atomic E-state index is 0.499. The summed E-state index contributed by atoms with van der Waals surface area (Å²) in [6, 6.07) is 4.25. The SMILES string of the molecule is CCCc1c[nH]c2ccc(C(C)C)nc12. The Bertz CT molecular complexity index is 455. The van der Waals surface area contributed by atoms with Crippen molar-refractivity contribution in [2.45, 2.75) is 39.5 Å². The fraction of sp³-hybridized carbons (Fsp3) is 0.462. The van der Waals surface area contributed by atoms with Crippen LogP contribution in [0.3, 0.4) is 0 Å². The molecular weight excluding hydrogens is 184 g/mol. The van der Waals surface area contributed by atoms with Crippen molar-refractivity contribution in [3.05, 3.63) is 29.6 Å². The number of pyridine rings is 1. The molecule has 15 heavy (non-hydrogen) atoms. The van der Waals surface area contributed by atoms with Gasteiger partial charge in [0.15, 0.2) is 0 Å². The van der Waals surface area contributed by atoms with Crippen LogP contribution in [0.5, 0.6) is 0 Å². The van der Waals surface area contributed by atoms with Gasteiger partial charge in [0, 0.05) is 11.9 Å². The zero-order valence-corrected chi connectivity index (χ0v) is 9.67. The maximum atomic E-state index is 4.72. The molecule has 2 heteroatoms. The molecule has 0 bridgehead atoms. The minimum atomic E-state index is 0.499. The quantitative estimate of drug-likeness (QED) is 0.808. The Morgan fingerprint density at radius 2 is 2.13 bits per heavy atom. The van der Waals surface area contributed by atoms with E-state index in [-0.39, 0.29) is 0 Å². The fourth-order valence-electron chi connectivity index (χ4n) is 1.85. The largest absolute Gasteiger partial charge is 0.360 e. The van der Waals surface area contributed by atoms with Crippen molar-refractivity contribution >= 4 is 11.0 Å². The molecule has 0 fully saturated rings. The average molecular weight is 202 g/mol. The van der Waals surface area contributed by atoms with Crippen molar-refractivity contribution in [3.63, 3.8) is 0 Å². The van der Waals surface area contributed by atoms with Crippen LogP contribution in [0, 0.1) is 0 Å². The predicted molar refractivity (Wildman–Crippen MR) is 64.2 cm³/mol. The molecule has 0 spiro atoms. The highest BCUT2D eigenvalue weighted by Crippen LogP contribution is 2.20. The van der Waals surface area contributed by atoms with E-state index in [9.17, 15) is 0 Å². The van der Waals surface area contributed by atoms with Crippen LogP contribution in [0.4, 0.5) is 0 Å². The van der Waals surface area contributed by atoms with Crippen LogP contribution in [0.2, 0.25) is 0 Å². The number of hydrogen-bond donors (Lipinski definition) is 1. The molecule has 0 unspecified atom stereocenters. The van der Waals surface area contributed by atoms with Crippen LogP contribution >= 0.6 is 0 Å². The van der Waals surface area contributed by atoms with E-state index in [1.807, 2.05) is 0 Å². The number of nitrogens with one attached hydrogen (secondary N) is 1. The molecular formula is C13H18N2. The van der Waals surface area contributed by atoms with Gasteiger partial charge in [-0.2, -0.15) is 0 Å². The van der Waals surface area contributed by atoms with Crippen molar-refractivity contribution in [1.82, 2.24) is 9.97 Å². The lowest BCUT2D eigenvalue weighted by Crippen LogP contribution is -1.93. The topological polar surface area (TPSA) is 28.7 Å². The molecule has 0 saturated heterocycles. The van der Waals surface area contributed by atoms with Gasteiger partial charge in [0.25, 0.3) is 0 Å². The second-order valence-corrected chi connectivity index (χ2v) is 4.35. The summed E-state index contributed by atoms with van der Waals surface area (Å²) in [4.78, 5) is 8.00. The maximum Gasteiger partial charge on any atom is 0.0914 e. The van der Waals surface area contributed by atoms with Gasteiger partial charge in [-0.25, -0.2) is 0 Å². The lowest BCUT2D eigenvalue weighted by Gasteiger charge is -2.04. The second-order valence-electron chi connectivity index (χ2n) is 4.35. The minimum Gasteiger partial charge on any atom is -0.360 e. The number of fused-ring (bicyclic) bond motifs is 1. The van der Waals surface area contributed by atoms with E-state index in [0.29, 0.717) is 5.92 Å². The highest BCUT2D eigenvalue weighted by atomic mass is 14.8. The van der Waals surface area contributed by atoms with Gasteiger partial charge in [-0.3, -0.25) is 4.98 Å². The normalized spacial score (nSPS) is 11.5. The summed E-state index contributed by atoms with van der Waals surface area (Å²) in [5, 5.41) is 0. The van der Waals surface area contributed by atoms with Gasteiger partial charge < -0.3 is 4.98 Å². The number of rotatable bonds is 3. The summed E-state index contributed by atoms with van der Waals surface area (Å²) >= 11 is 0. The molecule has 0 aliphatic carbocycles. The van der Waals surface area contributed by atoms with Gasteiger partial charge in [0.05, 0.1) is 11.0 Å². The molecule has 2 aromatic rings. The summed E-state index contributed by atoms with van der Waals surface area (Å²) < 4.78 is 0. The van der Waals surface area contributed by atoms with Crippen molar-refractivity contribution in [3.8, 4) is 0 Å². The van der Waals surface area contributed by atoms with Gasteiger partial charge >= 0.3 is 0 Å². The van der Waals surface area contributed by atoms with Gasteiger partial charge in [-0.05, 0) is 30.0 Å². The fourth-order valence-corrected chi connectivity index (χ4v) is 1.85. The molecule has 2 heterocycles. The van der Waals surface area contributed by atoms with Crippen molar-refractivity contribution in [2.75, 3.05) is 0 Å². The molecule has 0 atom stereocenters. The van der Waals surface area contributed by atoms with Gasteiger partial charge in [-0.1, -0.05) is 27.2 Å². The average Bonchev–Trinajstić information content (AvgIpc) is 2.61. The first-order chi connectivity index (χ1) is 7.22. The third-order valence-electron chi connectivity index (χ3n) is 2.73. The Kier molecular flexibility index (Phi) is 2.76. The summed E-state index contributed by atoms with van der Waals surface area (Å²) in [5.74, 6) is 0.499. The van der Waals surface area contributed by atoms with Crippen molar-refractivity contribution < 1.29 is 0 Å². The first-order valence-electron chi connectivity index (χ1n) is 5.69. The molecule has 0 aliphatic heterocycles. The molecule has 0 amide bonds. The Hall–Kier alpha value is -1.31. The molecule has 2 aromatic heterocycles. The Morgan fingerprint density at radius 1 is 1.33 bits per heavy atom. The summed E-state index contributed by atoms with van der Waals surface area (Å²) in [5.41, 5.74) is 4.83. The smallest absolute Gasteiger partial charge is 0.0914 e. The summed E-state index contributed by atoms with van der Waals surface area (Å²) in [6.45, 7) is 6.56. The molecule has 80 valence electrons. The zero-order valence-electron chi connectivity index (χ0n) is 9.67. The third kappa shape index (κ3) is 1.89. The van der Waals surface area contributed by atoms with Crippen LogP contribution in [0.1, 0.15) is 44.4 Å². The van der Waals surface area contributed by atoms with Crippen LogP contribution in [0.25, 0.3) is 11.0 Å². The summed E-state index contributed by atoms with van der Waals surface area (Å²) in [7, 11) is 0. The second kappa shape index (κ2) is 4.05. The van der Waals surface area contributed by atoms with Gasteiger partial charge in [0.2, 0.25) is 0 Å². The Labute approximate surface area is 90.7 Å². The highest BCUT2D eigenvalue weighted by Gasteiger charge is 2.07. The molecule has 0 radical (unpaired) electrons. The molecule has 0 aliphatic rings. The van der Waals surface area contributed by atoms with Crippen molar-refractivity contribution in [1.29, 1.82) is 0 Å². The number of nitrogens with zero attached hydrogens (tertiary/aromatic N) is 1. The van der Waals surface area contributed by atoms with Gasteiger partial charge in [-0.15, -0.1) is 0 Å². The highest BCUT2D eigenvalue weighted by molar-refractivity contribution is 5.79. The monoisotopic (exact) mass is 202 g/mol. The first kappa shape index (κ1) is 10.2. The maximum absolute atomic E-state index is 4.72. The Morgan fingerprint density at radius 3 is 2.80 bits per heavy atom. The number of H-pyrrole nitrogens is 1. The van der Waals surface area contributed by atoms with E-state index in [4.69, 9.17) is 4.98 Å². The number of hydrogen-bond acceptors (Lipinski definition) is 1. The zero-order chi connectivity index (χ0) is 10.8. The lowest BCUT2D eigenvalue weighted by molar-refractivity contribution is 0.828. The molecule has 0 saturated carbocycles. The van der Waals surface area contributed by atoms with Crippen LogP contribution < -0.4 is 0 Å². The van der Waals surface area contributed by atoms with E-state index < -0.39 is 0 Å².